The van der Waals surface area contributed by atoms with Crippen molar-refractivity contribution in [3.63, 3.8) is 0 Å². The van der Waals surface area contributed by atoms with E-state index < -0.39 is 10.0 Å². The standard InChI is InChI=1S/C19H23N5O5S/c1-11-2-4-15(14-9-24(8-13(11)14)19(25)16-7-20-23-21-16)22-30(26,27)12-3-5-17-18(6-12)29-10-28-17/h3,5-7,11,13-15,22H,2,4,8-10H2,1H3,(H,20,21,23)/t11-,13-,14-,15+/m1/s1. The monoisotopic (exact) mass is 433 g/mol. The lowest BCUT2D eigenvalue weighted by atomic mass is 9.72. The molecule has 0 radical (unpaired) electrons. The summed E-state index contributed by atoms with van der Waals surface area (Å²) in [6, 6.07) is 4.38. The molecule has 0 unspecified atom stereocenters. The molecule has 2 N–H and O–H groups in total. The van der Waals surface area contributed by atoms with Gasteiger partial charge in [0.25, 0.3) is 5.91 Å². The first-order chi connectivity index (χ1) is 14.4. The molecule has 30 heavy (non-hydrogen) atoms. The number of likely N-dealkylation sites (tertiary alicyclic amines) is 1. The largest absolute Gasteiger partial charge is 0.454 e. The van der Waals surface area contributed by atoms with Gasteiger partial charge < -0.3 is 14.4 Å². The summed E-state index contributed by atoms with van der Waals surface area (Å²) in [6.45, 7) is 3.37. The van der Waals surface area contributed by atoms with Crippen LogP contribution >= 0.6 is 0 Å². The number of carbonyl (C=O) groups excluding carboxylic acids is 1. The number of sulfonamides is 1. The van der Waals surface area contributed by atoms with Crippen molar-refractivity contribution >= 4 is 15.9 Å². The molecule has 0 spiro atoms. The minimum Gasteiger partial charge on any atom is -0.454 e. The van der Waals surface area contributed by atoms with Gasteiger partial charge in [-0.2, -0.15) is 0 Å². The van der Waals surface area contributed by atoms with E-state index in [2.05, 4.69) is 27.1 Å². The van der Waals surface area contributed by atoms with Crippen LogP contribution in [0.5, 0.6) is 11.5 Å². The molecule has 1 aliphatic carbocycles. The molecular weight excluding hydrogens is 410 g/mol. The van der Waals surface area contributed by atoms with Gasteiger partial charge in [0.15, 0.2) is 11.5 Å². The fraction of sp³-hybridized carbons (Fsp3) is 0.526. The van der Waals surface area contributed by atoms with Crippen LogP contribution in [0.1, 0.15) is 30.3 Å². The van der Waals surface area contributed by atoms with Gasteiger partial charge in [-0.25, -0.2) is 13.1 Å². The van der Waals surface area contributed by atoms with Crippen molar-refractivity contribution in [2.24, 2.45) is 17.8 Å². The number of hydrogen-bond acceptors (Lipinski definition) is 7. The summed E-state index contributed by atoms with van der Waals surface area (Å²) >= 11 is 0. The van der Waals surface area contributed by atoms with Gasteiger partial charge in [-0.1, -0.05) is 12.1 Å². The van der Waals surface area contributed by atoms with Crippen LogP contribution < -0.4 is 14.2 Å². The number of nitrogens with zero attached hydrogens (tertiary/aromatic N) is 3. The number of H-pyrrole nitrogens is 1. The quantitative estimate of drug-likeness (QED) is 0.736. The first kappa shape index (κ1) is 19.3. The van der Waals surface area contributed by atoms with E-state index in [-0.39, 0.29) is 35.5 Å². The lowest BCUT2D eigenvalue weighted by molar-refractivity contribution is 0.0776. The Morgan fingerprint density at radius 3 is 2.80 bits per heavy atom. The first-order valence-corrected chi connectivity index (χ1v) is 11.5. The van der Waals surface area contributed by atoms with E-state index in [0.29, 0.717) is 36.2 Å². The number of aromatic amines is 1. The van der Waals surface area contributed by atoms with E-state index in [0.717, 1.165) is 12.8 Å². The number of carbonyl (C=O) groups is 1. The molecule has 1 amide bonds. The predicted octanol–water partition coefficient (Wildman–Crippen LogP) is 0.999. The summed E-state index contributed by atoms with van der Waals surface area (Å²) in [5, 5.41) is 9.90. The summed E-state index contributed by atoms with van der Waals surface area (Å²) in [4.78, 5) is 14.7. The molecule has 4 atom stereocenters. The molecule has 0 bridgehead atoms. The van der Waals surface area contributed by atoms with E-state index in [4.69, 9.17) is 9.47 Å². The molecule has 10 nitrogen and oxygen atoms in total. The van der Waals surface area contributed by atoms with Gasteiger partial charge in [0.05, 0.1) is 11.1 Å². The molecule has 2 aliphatic heterocycles. The van der Waals surface area contributed by atoms with E-state index in [1.54, 1.807) is 11.0 Å². The summed E-state index contributed by atoms with van der Waals surface area (Å²) in [5.41, 5.74) is 0.346. The highest BCUT2D eigenvalue weighted by molar-refractivity contribution is 7.89. The Morgan fingerprint density at radius 2 is 2.00 bits per heavy atom. The first-order valence-electron chi connectivity index (χ1n) is 9.99. The maximum atomic E-state index is 13.1. The summed E-state index contributed by atoms with van der Waals surface area (Å²) in [5.74, 6) is 1.52. The van der Waals surface area contributed by atoms with Gasteiger partial charge in [-0.3, -0.25) is 9.89 Å². The van der Waals surface area contributed by atoms with Crippen molar-refractivity contribution in [3.05, 3.63) is 30.1 Å². The Balaban J connectivity index is 1.35. The summed E-state index contributed by atoms with van der Waals surface area (Å²) in [6.07, 6.45) is 3.05. The minimum atomic E-state index is -3.73. The second-order valence-electron chi connectivity index (χ2n) is 8.21. The molecule has 11 heteroatoms. The number of fused-ring (bicyclic) bond motifs is 2. The highest BCUT2D eigenvalue weighted by atomic mass is 32.2. The second kappa shape index (κ2) is 7.24. The molecular formula is C19H23N5O5S. The molecule has 1 aromatic carbocycles. The lowest BCUT2D eigenvalue weighted by Crippen LogP contribution is -2.47. The highest BCUT2D eigenvalue weighted by Crippen LogP contribution is 2.41. The number of hydrogen-bond donors (Lipinski definition) is 2. The Bertz CT molecular complexity index is 1060. The van der Waals surface area contributed by atoms with Crippen LogP contribution in [0.3, 0.4) is 0 Å². The fourth-order valence-corrected chi connectivity index (χ4v) is 6.18. The van der Waals surface area contributed by atoms with Crippen LogP contribution in [0.4, 0.5) is 0 Å². The van der Waals surface area contributed by atoms with Gasteiger partial charge in [-0.05, 0) is 42.7 Å². The maximum Gasteiger partial charge on any atom is 0.273 e. The smallest absolute Gasteiger partial charge is 0.273 e. The Morgan fingerprint density at radius 1 is 1.20 bits per heavy atom. The van der Waals surface area contributed by atoms with E-state index in [1.165, 1.54) is 18.3 Å². The third-order valence-corrected chi connectivity index (χ3v) is 7.97. The molecule has 1 aromatic heterocycles. The zero-order valence-corrected chi connectivity index (χ0v) is 17.3. The van der Waals surface area contributed by atoms with Crippen LogP contribution in [0.15, 0.2) is 29.3 Å². The van der Waals surface area contributed by atoms with E-state index >= 15 is 0 Å². The van der Waals surface area contributed by atoms with Crippen molar-refractivity contribution in [2.75, 3.05) is 19.9 Å². The van der Waals surface area contributed by atoms with Gasteiger partial charge in [0.1, 0.15) is 5.69 Å². The van der Waals surface area contributed by atoms with E-state index in [9.17, 15) is 13.2 Å². The Labute approximate surface area is 174 Å². The molecule has 3 aliphatic rings. The van der Waals surface area contributed by atoms with Crippen LogP contribution in [0, 0.1) is 17.8 Å². The summed E-state index contributed by atoms with van der Waals surface area (Å²) < 4.78 is 39.6. The number of ether oxygens (including phenoxy) is 2. The minimum absolute atomic E-state index is 0.0531. The van der Waals surface area contributed by atoms with Crippen molar-refractivity contribution in [2.45, 2.75) is 30.7 Å². The van der Waals surface area contributed by atoms with Crippen molar-refractivity contribution in [3.8, 4) is 11.5 Å². The van der Waals surface area contributed by atoms with Gasteiger partial charge in [-0.15, -0.1) is 5.10 Å². The van der Waals surface area contributed by atoms with Gasteiger partial charge in [0, 0.05) is 25.2 Å². The maximum absolute atomic E-state index is 13.1. The zero-order chi connectivity index (χ0) is 20.9. The van der Waals surface area contributed by atoms with Gasteiger partial charge >= 0.3 is 0 Å². The van der Waals surface area contributed by atoms with Crippen molar-refractivity contribution in [1.82, 2.24) is 25.0 Å². The molecule has 5 rings (SSSR count). The average Bonchev–Trinajstić information content (AvgIpc) is 3.48. The molecule has 2 fully saturated rings. The fourth-order valence-electron chi connectivity index (χ4n) is 4.85. The molecule has 3 heterocycles. The number of aromatic nitrogens is 3. The van der Waals surface area contributed by atoms with Crippen LogP contribution in [0.25, 0.3) is 0 Å². The van der Waals surface area contributed by atoms with E-state index in [1.807, 2.05) is 0 Å². The van der Waals surface area contributed by atoms with Crippen LogP contribution in [0.2, 0.25) is 0 Å². The van der Waals surface area contributed by atoms with Gasteiger partial charge in [0.2, 0.25) is 16.8 Å². The molecule has 1 saturated carbocycles. The average molecular weight is 433 g/mol. The summed E-state index contributed by atoms with van der Waals surface area (Å²) in [7, 11) is -3.73. The van der Waals surface area contributed by atoms with Crippen LogP contribution in [-0.2, 0) is 10.0 Å². The number of rotatable bonds is 4. The Hall–Kier alpha value is -2.66. The number of benzene rings is 1. The predicted molar refractivity (Wildman–Crippen MR) is 104 cm³/mol. The van der Waals surface area contributed by atoms with Crippen molar-refractivity contribution in [1.29, 1.82) is 0 Å². The normalized spacial score (nSPS) is 27.8. The van der Waals surface area contributed by atoms with Crippen molar-refractivity contribution < 1.29 is 22.7 Å². The third kappa shape index (κ3) is 3.31. The number of amides is 1. The molecule has 160 valence electrons. The lowest BCUT2D eigenvalue weighted by Gasteiger charge is -2.37. The molecule has 2 aromatic rings. The third-order valence-electron chi connectivity index (χ3n) is 6.49. The Kier molecular flexibility index (Phi) is 4.66. The SMILES string of the molecule is C[C@@H]1CC[C@H](NS(=O)(=O)c2ccc3c(c2)OCO3)[C@@H]2CN(C(=O)c3cnn[nH]3)C[C@@H]21. The number of nitrogens with one attached hydrogen (secondary N) is 2. The molecule has 1 saturated heterocycles. The zero-order valence-electron chi connectivity index (χ0n) is 16.4. The topological polar surface area (TPSA) is 127 Å². The second-order valence-corrected chi connectivity index (χ2v) is 9.92. The van der Waals surface area contributed by atoms with Crippen LogP contribution in [-0.4, -0.2) is 60.6 Å². The highest BCUT2D eigenvalue weighted by Gasteiger charge is 2.46.